The first kappa shape index (κ1) is 24.9. The largest absolute Gasteiger partial charge is 0.352 e. The zero-order valence-electron chi connectivity index (χ0n) is 18.0. The van der Waals surface area contributed by atoms with Gasteiger partial charge in [0.25, 0.3) is 5.91 Å². The SMILES string of the molecule is CCCCNC(=O)c1ccc(CNC(=NC)NCc2c(C)nn(C)c2C)cc1.I. The van der Waals surface area contributed by atoms with Crippen LogP contribution in [0, 0.1) is 13.8 Å². The lowest BCUT2D eigenvalue weighted by Gasteiger charge is -2.12. The second-order valence-corrected chi connectivity index (χ2v) is 6.86. The topological polar surface area (TPSA) is 83.3 Å². The number of amides is 1. The first-order chi connectivity index (χ1) is 13.5. The quantitative estimate of drug-likeness (QED) is 0.220. The molecule has 1 aromatic heterocycles. The number of halogens is 1. The number of unbranched alkanes of at least 4 members (excludes halogenated alkanes) is 1. The zero-order chi connectivity index (χ0) is 20.5. The number of aliphatic imine (C=N–C) groups is 1. The van der Waals surface area contributed by atoms with Gasteiger partial charge in [-0.25, -0.2) is 0 Å². The van der Waals surface area contributed by atoms with Gasteiger partial charge in [-0.3, -0.25) is 14.5 Å². The Labute approximate surface area is 190 Å². The lowest BCUT2D eigenvalue weighted by atomic mass is 10.1. The Morgan fingerprint density at radius 3 is 2.31 bits per heavy atom. The summed E-state index contributed by atoms with van der Waals surface area (Å²) in [5, 5.41) is 14.0. The van der Waals surface area contributed by atoms with Gasteiger partial charge in [0, 0.05) is 50.6 Å². The van der Waals surface area contributed by atoms with Crippen LogP contribution in [0.5, 0.6) is 0 Å². The van der Waals surface area contributed by atoms with Crippen molar-refractivity contribution in [2.75, 3.05) is 13.6 Å². The van der Waals surface area contributed by atoms with Crippen molar-refractivity contribution in [1.82, 2.24) is 25.7 Å². The van der Waals surface area contributed by atoms with E-state index in [1.807, 2.05) is 42.9 Å². The summed E-state index contributed by atoms with van der Waals surface area (Å²) in [6, 6.07) is 7.64. The molecule has 0 saturated carbocycles. The minimum absolute atomic E-state index is 0. The predicted octanol–water partition coefficient (Wildman–Crippen LogP) is 3.05. The molecular weight excluding hydrogens is 479 g/mol. The van der Waals surface area contributed by atoms with Crippen LogP contribution in [0.3, 0.4) is 0 Å². The van der Waals surface area contributed by atoms with Crippen LogP contribution in [0.2, 0.25) is 0 Å². The van der Waals surface area contributed by atoms with Crippen molar-refractivity contribution in [1.29, 1.82) is 0 Å². The molecule has 0 spiro atoms. The zero-order valence-corrected chi connectivity index (χ0v) is 20.3. The van der Waals surface area contributed by atoms with Gasteiger partial charge in [0.15, 0.2) is 5.96 Å². The van der Waals surface area contributed by atoms with Gasteiger partial charge in [0.2, 0.25) is 0 Å². The highest BCUT2D eigenvalue weighted by molar-refractivity contribution is 14.0. The number of hydrogen-bond acceptors (Lipinski definition) is 3. The first-order valence-corrected chi connectivity index (χ1v) is 9.77. The third-order valence-corrected chi connectivity index (χ3v) is 4.81. The molecule has 0 aliphatic rings. The molecule has 2 aromatic rings. The van der Waals surface area contributed by atoms with Crippen molar-refractivity contribution in [2.45, 2.75) is 46.7 Å². The van der Waals surface area contributed by atoms with Crippen LogP contribution in [-0.2, 0) is 20.1 Å². The molecule has 2 rings (SSSR count). The summed E-state index contributed by atoms with van der Waals surface area (Å²) >= 11 is 0. The summed E-state index contributed by atoms with van der Waals surface area (Å²) in [7, 11) is 3.70. The molecular formula is C21H33IN6O. The van der Waals surface area contributed by atoms with Crippen molar-refractivity contribution >= 4 is 35.8 Å². The molecule has 8 heteroatoms. The Morgan fingerprint density at radius 1 is 1.10 bits per heavy atom. The maximum absolute atomic E-state index is 12.1. The highest BCUT2D eigenvalue weighted by Gasteiger charge is 2.10. The van der Waals surface area contributed by atoms with Gasteiger partial charge in [0.05, 0.1) is 5.69 Å². The molecule has 7 nitrogen and oxygen atoms in total. The van der Waals surface area contributed by atoms with Gasteiger partial charge in [-0.1, -0.05) is 25.5 Å². The van der Waals surface area contributed by atoms with Gasteiger partial charge in [-0.05, 0) is 38.0 Å². The number of nitrogens with one attached hydrogen (secondary N) is 3. The van der Waals surface area contributed by atoms with E-state index in [0.717, 1.165) is 42.3 Å². The number of nitrogens with zero attached hydrogens (tertiary/aromatic N) is 3. The number of carbonyl (C=O) groups excluding carboxylic acids is 1. The fourth-order valence-corrected chi connectivity index (χ4v) is 2.91. The Morgan fingerprint density at radius 2 is 1.76 bits per heavy atom. The lowest BCUT2D eigenvalue weighted by molar-refractivity contribution is 0.0953. The molecule has 3 N–H and O–H groups in total. The van der Waals surface area contributed by atoms with Crippen LogP contribution in [0.25, 0.3) is 0 Å². The molecule has 0 aliphatic heterocycles. The Hall–Kier alpha value is -2.10. The third kappa shape index (κ3) is 7.34. The van der Waals surface area contributed by atoms with Crippen molar-refractivity contribution in [3.63, 3.8) is 0 Å². The van der Waals surface area contributed by atoms with Crippen molar-refractivity contribution < 1.29 is 4.79 Å². The van der Waals surface area contributed by atoms with E-state index in [1.54, 1.807) is 7.05 Å². The Kier molecular flexibility index (Phi) is 10.7. The maximum atomic E-state index is 12.1. The highest BCUT2D eigenvalue weighted by atomic mass is 127. The van der Waals surface area contributed by atoms with E-state index in [1.165, 1.54) is 5.56 Å². The number of hydrogen-bond donors (Lipinski definition) is 3. The molecule has 0 fully saturated rings. The Bertz CT molecular complexity index is 813. The molecule has 1 aromatic carbocycles. The number of aryl methyl sites for hydroxylation is 2. The number of carbonyl (C=O) groups is 1. The standard InChI is InChI=1S/C21H32N6O.HI/c1-6-7-12-23-20(28)18-10-8-17(9-11-18)13-24-21(22-4)25-14-19-15(2)26-27(5)16(19)3;/h8-11H,6-7,12-14H2,1-5H3,(H,23,28)(H2,22,24,25);1H. The molecule has 160 valence electrons. The second kappa shape index (κ2) is 12.5. The third-order valence-electron chi connectivity index (χ3n) is 4.81. The molecule has 0 bridgehead atoms. The fourth-order valence-electron chi connectivity index (χ4n) is 2.91. The minimum Gasteiger partial charge on any atom is -0.352 e. The van der Waals surface area contributed by atoms with E-state index in [4.69, 9.17) is 0 Å². The van der Waals surface area contributed by atoms with Crippen LogP contribution in [0.15, 0.2) is 29.3 Å². The maximum Gasteiger partial charge on any atom is 0.251 e. The van der Waals surface area contributed by atoms with Crippen LogP contribution >= 0.6 is 24.0 Å². The first-order valence-electron chi connectivity index (χ1n) is 9.77. The molecule has 0 saturated heterocycles. The molecule has 0 atom stereocenters. The molecule has 0 radical (unpaired) electrons. The lowest BCUT2D eigenvalue weighted by Crippen LogP contribution is -2.36. The van der Waals surface area contributed by atoms with Crippen molar-refractivity contribution in [3.05, 3.63) is 52.3 Å². The van der Waals surface area contributed by atoms with Crippen LogP contribution < -0.4 is 16.0 Å². The van der Waals surface area contributed by atoms with Crippen molar-refractivity contribution in [3.8, 4) is 0 Å². The minimum atomic E-state index is -0.0207. The summed E-state index contributed by atoms with van der Waals surface area (Å²) in [6.45, 7) is 8.20. The van der Waals surface area contributed by atoms with E-state index in [2.05, 4.69) is 39.9 Å². The van der Waals surface area contributed by atoms with Gasteiger partial charge in [0.1, 0.15) is 0 Å². The van der Waals surface area contributed by atoms with E-state index in [-0.39, 0.29) is 29.9 Å². The van der Waals surface area contributed by atoms with Gasteiger partial charge >= 0.3 is 0 Å². The molecule has 0 unspecified atom stereocenters. The monoisotopic (exact) mass is 512 g/mol. The van der Waals surface area contributed by atoms with Crippen LogP contribution in [-0.4, -0.2) is 35.2 Å². The number of benzene rings is 1. The molecule has 0 aliphatic carbocycles. The second-order valence-electron chi connectivity index (χ2n) is 6.86. The highest BCUT2D eigenvalue weighted by Crippen LogP contribution is 2.11. The van der Waals surface area contributed by atoms with E-state index in [0.29, 0.717) is 18.7 Å². The summed E-state index contributed by atoms with van der Waals surface area (Å²) in [5.74, 6) is 0.705. The summed E-state index contributed by atoms with van der Waals surface area (Å²) in [6.07, 6.45) is 2.07. The molecule has 1 heterocycles. The Balaban J connectivity index is 0.00000420. The fraction of sp³-hybridized carbons (Fsp3) is 0.476. The summed E-state index contributed by atoms with van der Waals surface area (Å²) in [4.78, 5) is 16.3. The molecule has 1 amide bonds. The smallest absolute Gasteiger partial charge is 0.251 e. The van der Waals surface area contributed by atoms with E-state index in [9.17, 15) is 4.79 Å². The number of rotatable bonds is 8. The predicted molar refractivity (Wildman–Crippen MR) is 129 cm³/mol. The summed E-state index contributed by atoms with van der Waals surface area (Å²) in [5.41, 5.74) is 5.12. The van der Waals surface area contributed by atoms with E-state index >= 15 is 0 Å². The molecule has 29 heavy (non-hydrogen) atoms. The van der Waals surface area contributed by atoms with Crippen molar-refractivity contribution in [2.24, 2.45) is 12.0 Å². The number of guanidine groups is 1. The number of aromatic nitrogens is 2. The average Bonchev–Trinajstić information content (AvgIpc) is 2.94. The average molecular weight is 512 g/mol. The summed E-state index contributed by atoms with van der Waals surface area (Å²) < 4.78 is 1.89. The van der Waals surface area contributed by atoms with Gasteiger partial charge < -0.3 is 16.0 Å². The normalized spacial score (nSPS) is 11.0. The van der Waals surface area contributed by atoms with E-state index < -0.39 is 0 Å². The van der Waals surface area contributed by atoms with Gasteiger partial charge in [-0.2, -0.15) is 5.10 Å². The van der Waals surface area contributed by atoms with Crippen LogP contribution in [0.4, 0.5) is 0 Å². The van der Waals surface area contributed by atoms with Gasteiger partial charge in [-0.15, -0.1) is 24.0 Å². The van der Waals surface area contributed by atoms with Crippen LogP contribution in [0.1, 0.15) is 52.6 Å².